The van der Waals surface area contributed by atoms with E-state index < -0.39 is 7.82 Å². The van der Waals surface area contributed by atoms with Crippen molar-refractivity contribution in [2.24, 2.45) is 0 Å². The van der Waals surface area contributed by atoms with Crippen molar-refractivity contribution < 1.29 is 18.5 Å². The van der Waals surface area contributed by atoms with Crippen LogP contribution in [0.1, 0.15) is 20.8 Å². The molecule has 0 atom stereocenters. The first kappa shape index (κ1) is 15.0. The molecule has 4 nitrogen and oxygen atoms in total. The second-order valence-electron chi connectivity index (χ2n) is 1.71. The van der Waals surface area contributed by atoms with Crippen LogP contribution in [0.15, 0.2) is 0 Å². The first-order chi connectivity index (χ1) is 5.54. The molecule has 0 aromatic heterocycles. The zero-order valence-corrected chi connectivity index (χ0v) is 10.1. The summed E-state index contributed by atoms with van der Waals surface area (Å²) in [6, 6.07) is 0. The first-order valence-electron chi connectivity index (χ1n) is 3.72. The fraction of sp³-hybridized carbons (Fsp3) is 0.833. The van der Waals surface area contributed by atoms with Gasteiger partial charge in [0.15, 0.2) is 0 Å². The maximum atomic E-state index is 10.5. The van der Waals surface area contributed by atoms with Crippen molar-refractivity contribution >= 4 is 28.6 Å². The Labute approximate surface area is 81.5 Å². The van der Waals surface area contributed by atoms with Gasteiger partial charge in [0.1, 0.15) is 0 Å². The summed E-state index contributed by atoms with van der Waals surface area (Å²) in [6.45, 7) is 5.64. The Morgan fingerprint density at radius 1 is 1.42 bits per heavy atom. The molecule has 0 aromatic rings. The molecule has 6 heteroatoms. The van der Waals surface area contributed by atoms with E-state index in [9.17, 15) is 4.57 Å². The predicted octanol–water partition coefficient (Wildman–Crippen LogP) is 0.869. The monoisotopic (exact) mass is 210 g/mol. The Balaban J connectivity index is 0. The van der Waals surface area contributed by atoms with Crippen LogP contribution in [0.5, 0.6) is 0 Å². The summed E-state index contributed by atoms with van der Waals surface area (Å²) in [6.07, 6.45) is 0. The Kier molecular flexibility index (Phi) is 12.0. The van der Waals surface area contributed by atoms with E-state index in [1.807, 2.05) is 27.7 Å². The molecule has 0 aromatic carbocycles. The number of hydrogen-bond acceptors (Lipinski definition) is 3. The van der Waals surface area contributed by atoms with Crippen molar-refractivity contribution in [2.75, 3.05) is 13.2 Å². The van der Waals surface area contributed by atoms with Gasteiger partial charge in [0.2, 0.25) is 0 Å². The molecule has 0 saturated carbocycles. The average molecular weight is 210 g/mol. The van der Waals surface area contributed by atoms with E-state index in [0.29, 0.717) is 0 Å². The van der Waals surface area contributed by atoms with E-state index in [2.05, 4.69) is 9.05 Å². The SMILES string of the molecule is CCOP(=O)(O)OCC.C[CH]=[AlH]. The van der Waals surface area contributed by atoms with E-state index in [-0.39, 0.29) is 13.2 Å². The van der Waals surface area contributed by atoms with E-state index >= 15 is 0 Å². The van der Waals surface area contributed by atoms with Gasteiger partial charge in [-0.1, -0.05) is 0 Å². The quantitative estimate of drug-likeness (QED) is 0.552. The van der Waals surface area contributed by atoms with Crippen molar-refractivity contribution in [3.8, 4) is 0 Å². The fourth-order valence-corrected chi connectivity index (χ4v) is 1.09. The minimum atomic E-state index is -3.69. The number of hydrogen-bond donors (Lipinski definition) is 1. The van der Waals surface area contributed by atoms with Crippen LogP contribution < -0.4 is 0 Å². The summed E-state index contributed by atoms with van der Waals surface area (Å²) in [5.74, 6) is 0. The van der Waals surface area contributed by atoms with Gasteiger partial charge in [-0.25, -0.2) is 4.57 Å². The van der Waals surface area contributed by atoms with Crippen LogP contribution in [0.4, 0.5) is 0 Å². The molecule has 0 radical (unpaired) electrons. The average Bonchev–Trinajstić information content (AvgIpc) is 1.88. The molecule has 0 aliphatic rings. The first-order valence-corrected chi connectivity index (χ1v) is 6.04. The van der Waals surface area contributed by atoms with Crippen LogP contribution in [-0.4, -0.2) is 38.8 Å². The van der Waals surface area contributed by atoms with E-state index in [1.165, 1.54) is 0 Å². The van der Waals surface area contributed by atoms with Gasteiger partial charge < -0.3 is 4.89 Å². The second-order valence-corrected chi connectivity index (χ2v) is 3.98. The van der Waals surface area contributed by atoms with E-state index in [1.54, 1.807) is 13.8 Å². The second kappa shape index (κ2) is 9.60. The minimum absolute atomic E-state index is 0.188. The molecule has 72 valence electrons. The third-order valence-corrected chi connectivity index (χ3v) is 1.75. The Morgan fingerprint density at radius 3 is 1.83 bits per heavy atom. The Hall–Kier alpha value is 0.512. The molecule has 0 saturated heterocycles. The van der Waals surface area contributed by atoms with Gasteiger partial charge in [0.05, 0.1) is 13.2 Å². The predicted molar refractivity (Wildman–Crippen MR) is 52.0 cm³/mol. The normalized spacial score (nSPS) is 9.92. The molecular weight excluding hydrogens is 194 g/mol. The van der Waals surface area contributed by atoms with Crippen molar-refractivity contribution in [2.45, 2.75) is 20.8 Å². The Bertz CT molecular complexity index is 140. The van der Waals surface area contributed by atoms with Crippen molar-refractivity contribution in [1.29, 1.82) is 0 Å². The molecule has 0 fully saturated rings. The summed E-state index contributed by atoms with van der Waals surface area (Å²) < 4.78 is 19.2. The zero-order valence-electron chi connectivity index (χ0n) is 7.82. The molecule has 12 heavy (non-hydrogen) atoms. The van der Waals surface area contributed by atoms with Crippen molar-refractivity contribution in [3.63, 3.8) is 0 Å². The summed E-state index contributed by atoms with van der Waals surface area (Å²) in [5.41, 5.74) is 0. The summed E-state index contributed by atoms with van der Waals surface area (Å²) in [5, 5.41) is 0. The third-order valence-electron chi connectivity index (χ3n) is 0.584. The molecule has 0 amide bonds. The number of rotatable bonds is 4. The van der Waals surface area contributed by atoms with Gasteiger partial charge >= 0.3 is 35.5 Å². The van der Waals surface area contributed by atoms with E-state index in [4.69, 9.17) is 4.89 Å². The van der Waals surface area contributed by atoms with Crippen molar-refractivity contribution in [1.82, 2.24) is 0 Å². The zero-order chi connectivity index (χ0) is 10.0. The fourth-order valence-electron chi connectivity index (χ4n) is 0.364. The van der Waals surface area contributed by atoms with Crippen LogP contribution in [0.25, 0.3) is 0 Å². The molecular formula is C6H16AlO4P. The molecule has 0 heterocycles. The topological polar surface area (TPSA) is 55.8 Å². The Morgan fingerprint density at radius 2 is 1.67 bits per heavy atom. The van der Waals surface area contributed by atoms with Gasteiger partial charge in [0, 0.05) is 0 Å². The van der Waals surface area contributed by atoms with Crippen LogP contribution >= 0.6 is 7.82 Å². The summed E-state index contributed by atoms with van der Waals surface area (Å²) in [7, 11) is -3.69. The molecule has 0 unspecified atom stereocenters. The molecule has 0 aliphatic heterocycles. The van der Waals surface area contributed by atoms with E-state index in [0.717, 1.165) is 0 Å². The van der Waals surface area contributed by atoms with Gasteiger partial charge in [-0.2, -0.15) is 0 Å². The summed E-state index contributed by atoms with van der Waals surface area (Å²) in [4.78, 5) is 10.7. The van der Waals surface area contributed by atoms with Crippen LogP contribution in [-0.2, 0) is 13.6 Å². The van der Waals surface area contributed by atoms with Crippen LogP contribution in [0, 0.1) is 0 Å². The van der Waals surface area contributed by atoms with Gasteiger partial charge in [-0.15, -0.1) is 0 Å². The van der Waals surface area contributed by atoms with Gasteiger partial charge in [-0.05, 0) is 13.8 Å². The number of phosphoric ester groups is 1. The molecule has 0 spiro atoms. The van der Waals surface area contributed by atoms with Gasteiger partial charge in [-0.3, -0.25) is 9.05 Å². The van der Waals surface area contributed by atoms with Gasteiger partial charge in [0.25, 0.3) is 0 Å². The van der Waals surface area contributed by atoms with Crippen LogP contribution in [0.3, 0.4) is 0 Å². The summed E-state index contributed by atoms with van der Waals surface area (Å²) >= 11 is 1.85. The van der Waals surface area contributed by atoms with Crippen LogP contribution in [0.2, 0.25) is 0 Å². The molecule has 0 bridgehead atoms. The number of phosphoric acid groups is 1. The molecule has 0 rings (SSSR count). The molecule has 0 aliphatic carbocycles. The maximum absolute atomic E-state index is 10.5. The third kappa shape index (κ3) is 13.1. The van der Waals surface area contributed by atoms with Crippen molar-refractivity contribution in [3.05, 3.63) is 0 Å². The standard InChI is InChI=1S/C4H11O4P.C2H4.Al.H/c1-3-7-9(5,6)8-4-2;1-2;;/h3-4H2,1-2H3,(H,5,6);1H,2H3;;. The molecule has 1 N–H and O–H groups in total.